The molecule has 1 aromatic carbocycles. The van der Waals surface area contributed by atoms with Crippen molar-refractivity contribution in [1.82, 2.24) is 15.3 Å². The number of ether oxygens (including phenoxy) is 2. The number of carbonyl (C=O) groups excluding carboxylic acids is 1. The Labute approximate surface area is 183 Å². The molecule has 1 fully saturated rings. The van der Waals surface area contributed by atoms with Gasteiger partial charge in [0, 0.05) is 31.7 Å². The molecular weight excluding hydrogens is 429 g/mol. The van der Waals surface area contributed by atoms with Gasteiger partial charge in [-0.25, -0.2) is 9.97 Å². The van der Waals surface area contributed by atoms with E-state index in [-0.39, 0.29) is 30.9 Å². The first-order valence-electron chi connectivity index (χ1n) is 10.1. The van der Waals surface area contributed by atoms with Crippen LogP contribution in [0.4, 0.5) is 19.1 Å². The number of amides is 1. The fourth-order valence-electron chi connectivity index (χ4n) is 3.29. The Morgan fingerprint density at radius 2 is 1.88 bits per heavy atom. The van der Waals surface area contributed by atoms with Crippen molar-refractivity contribution in [3.8, 4) is 11.5 Å². The van der Waals surface area contributed by atoms with Crippen molar-refractivity contribution in [1.29, 1.82) is 0 Å². The molecule has 174 valence electrons. The van der Waals surface area contributed by atoms with Crippen molar-refractivity contribution >= 4 is 11.9 Å². The highest BCUT2D eigenvalue weighted by Crippen LogP contribution is 2.29. The summed E-state index contributed by atoms with van der Waals surface area (Å²) in [6.07, 6.45) is -3.44. The van der Waals surface area contributed by atoms with Gasteiger partial charge in [0.1, 0.15) is 29.9 Å². The molecule has 0 bridgehead atoms. The van der Waals surface area contributed by atoms with Crippen LogP contribution in [0.15, 0.2) is 36.5 Å². The van der Waals surface area contributed by atoms with E-state index in [9.17, 15) is 23.1 Å². The summed E-state index contributed by atoms with van der Waals surface area (Å²) in [5.74, 6) is 0.755. The van der Waals surface area contributed by atoms with Crippen LogP contribution in [0.3, 0.4) is 0 Å². The number of anilines is 1. The third-order valence-electron chi connectivity index (χ3n) is 5.10. The number of hydrogen-bond acceptors (Lipinski definition) is 7. The number of aliphatic hydroxyl groups excluding tert-OH is 1. The predicted octanol–water partition coefficient (Wildman–Crippen LogP) is 2.28. The van der Waals surface area contributed by atoms with Gasteiger partial charge in [-0.3, -0.25) is 4.79 Å². The molecule has 2 N–H and O–H groups in total. The molecule has 11 heteroatoms. The Morgan fingerprint density at radius 1 is 1.22 bits per heavy atom. The van der Waals surface area contributed by atoms with E-state index in [1.807, 2.05) is 0 Å². The number of benzene rings is 1. The van der Waals surface area contributed by atoms with Gasteiger partial charge in [0.2, 0.25) is 11.9 Å². The van der Waals surface area contributed by atoms with Crippen LogP contribution >= 0.6 is 0 Å². The minimum absolute atomic E-state index is 0.00443. The quantitative estimate of drug-likeness (QED) is 0.632. The molecule has 1 atom stereocenters. The van der Waals surface area contributed by atoms with E-state index in [4.69, 9.17) is 9.47 Å². The Kier molecular flexibility index (Phi) is 7.73. The zero-order chi connectivity index (χ0) is 23.1. The molecule has 1 aliphatic heterocycles. The molecule has 0 saturated carbocycles. The SMILES string of the molecule is COc1ccc(OCC(O)CNC(=O)C2CCN(c3nccc(C(F)(F)F)n3)CC2)cc1. The fraction of sp³-hybridized carbons (Fsp3) is 0.476. The molecule has 1 saturated heterocycles. The van der Waals surface area contributed by atoms with Gasteiger partial charge in [0.05, 0.1) is 7.11 Å². The lowest BCUT2D eigenvalue weighted by molar-refractivity contribution is -0.141. The monoisotopic (exact) mass is 454 g/mol. The summed E-state index contributed by atoms with van der Waals surface area (Å²) in [5, 5.41) is 12.8. The predicted molar refractivity (Wildman–Crippen MR) is 109 cm³/mol. The summed E-state index contributed by atoms with van der Waals surface area (Å²) in [4.78, 5) is 21.5. The second-order valence-corrected chi connectivity index (χ2v) is 7.39. The maximum absolute atomic E-state index is 12.8. The molecule has 2 aromatic rings. The van der Waals surface area contributed by atoms with Crippen LogP contribution in [-0.2, 0) is 11.0 Å². The first-order valence-corrected chi connectivity index (χ1v) is 10.1. The van der Waals surface area contributed by atoms with Crippen molar-refractivity contribution in [2.45, 2.75) is 25.1 Å². The summed E-state index contributed by atoms with van der Waals surface area (Å²) in [7, 11) is 1.56. The molecule has 1 aliphatic rings. The van der Waals surface area contributed by atoms with E-state index >= 15 is 0 Å². The first kappa shape index (κ1) is 23.6. The third kappa shape index (κ3) is 6.46. The number of nitrogens with zero attached hydrogens (tertiary/aromatic N) is 3. The number of hydrogen-bond donors (Lipinski definition) is 2. The van der Waals surface area contributed by atoms with E-state index < -0.39 is 18.0 Å². The number of piperidine rings is 1. The van der Waals surface area contributed by atoms with Crippen LogP contribution < -0.4 is 19.7 Å². The minimum atomic E-state index is -4.53. The maximum atomic E-state index is 12.8. The average Bonchev–Trinajstić information content (AvgIpc) is 2.81. The van der Waals surface area contributed by atoms with Crippen LogP contribution in [0, 0.1) is 5.92 Å². The normalized spacial score (nSPS) is 15.8. The average molecular weight is 454 g/mol. The number of halogens is 3. The fourth-order valence-corrected chi connectivity index (χ4v) is 3.29. The van der Waals surface area contributed by atoms with E-state index in [0.717, 1.165) is 12.3 Å². The van der Waals surface area contributed by atoms with Crippen LogP contribution in [0.25, 0.3) is 0 Å². The van der Waals surface area contributed by atoms with E-state index in [0.29, 0.717) is 37.4 Å². The molecule has 32 heavy (non-hydrogen) atoms. The number of aromatic nitrogens is 2. The second-order valence-electron chi connectivity index (χ2n) is 7.39. The molecule has 0 aliphatic carbocycles. The highest BCUT2D eigenvalue weighted by molar-refractivity contribution is 5.79. The summed E-state index contributed by atoms with van der Waals surface area (Å²) in [5.41, 5.74) is -0.992. The molecule has 1 aromatic heterocycles. The zero-order valence-electron chi connectivity index (χ0n) is 17.5. The van der Waals surface area contributed by atoms with E-state index in [1.54, 1.807) is 36.3 Å². The molecular formula is C21H25F3N4O4. The van der Waals surface area contributed by atoms with Gasteiger partial charge < -0.3 is 24.8 Å². The molecule has 2 heterocycles. The Bertz CT molecular complexity index is 887. The summed E-state index contributed by atoms with van der Waals surface area (Å²) < 4.78 is 49.1. The highest BCUT2D eigenvalue weighted by Gasteiger charge is 2.34. The van der Waals surface area contributed by atoms with Crippen LogP contribution in [-0.4, -0.2) is 60.4 Å². The number of carbonyl (C=O) groups is 1. The number of methoxy groups -OCH3 is 1. The number of rotatable bonds is 8. The molecule has 8 nitrogen and oxygen atoms in total. The highest BCUT2D eigenvalue weighted by atomic mass is 19.4. The third-order valence-corrected chi connectivity index (χ3v) is 5.10. The van der Waals surface area contributed by atoms with Gasteiger partial charge in [-0.15, -0.1) is 0 Å². The van der Waals surface area contributed by atoms with Crippen molar-refractivity contribution in [3.63, 3.8) is 0 Å². The Balaban J connectivity index is 1.40. The molecule has 1 amide bonds. The molecule has 0 radical (unpaired) electrons. The van der Waals surface area contributed by atoms with Gasteiger partial charge in [-0.2, -0.15) is 13.2 Å². The lowest BCUT2D eigenvalue weighted by Gasteiger charge is -2.31. The summed E-state index contributed by atoms with van der Waals surface area (Å²) in [6, 6.07) is 7.73. The number of alkyl halides is 3. The summed E-state index contributed by atoms with van der Waals surface area (Å²) in [6.45, 7) is 0.773. The number of aliphatic hydroxyl groups is 1. The largest absolute Gasteiger partial charge is 0.497 e. The minimum Gasteiger partial charge on any atom is -0.497 e. The van der Waals surface area contributed by atoms with Crippen molar-refractivity contribution in [2.24, 2.45) is 5.92 Å². The first-order chi connectivity index (χ1) is 15.3. The van der Waals surface area contributed by atoms with Crippen molar-refractivity contribution < 1.29 is 32.5 Å². The second kappa shape index (κ2) is 10.5. The Hall–Kier alpha value is -3.08. The molecule has 1 unspecified atom stereocenters. The van der Waals surface area contributed by atoms with Gasteiger partial charge in [0.15, 0.2) is 0 Å². The lowest BCUT2D eigenvalue weighted by Crippen LogP contribution is -2.43. The lowest BCUT2D eigenvalue weighted by atomic mass is 9.96. The van der Waals surface area contributed by atoms with Gasteiger partial charge in [-0.05, 0) is 43.2 Å². The van der Waals surface area contributed by atoms with Crippen LogP contribution in [0.2, 0.25) is 0 Å². The molecule has 3 rings (SSSR count). The smallest absolute Gasteiger partial charge is 0.433 e. The maximum Gasteiger partial charge on any atom is 0.433 e. The van der Waals surface area contributed by atoms with Crippen molar-refractivity contribution in [2.75, 3.05) is 38.3 Å². The van der Waals surface area contributed by atoms with Gasteiger partial charge in [0.25, 0.3) is 0 Å². The molecule has 0 spiro atoms. The number of nitrogens with one attached hydrogen (secondary N) is 1. The van der Waals surface area contributed by atoms with Crippen LogP contribution in [0.5, 0.6) is 11.5 Å². The van der Waals surface area contributed by atoms with E-state index in [2.05, 4.69) is 15.3 Å². The van der Waals surface area contributed by atoms with Crippen LogP contribution in [0.1, 0.15) is 18.5 Å². The van der Waals surface area contributed by atoms with Crippen molar-refractivity contribution in [3.05, 3.63) is 42.2 Å². The zero-order valence-corrected chi connectivity index (χ0v) is 17.5. The van der Waals surface area contributed by atoms with Gasteiger partial charge >= 0.3 is 6.18 Å². The van der Waals surface area contributed by atoms with Gasteiger partial charge in [-0.1, -0.05) is 0 Å². The topological polar surface area (TPSA) is 96.8 Å². The van der Waals surface area contributed by atoms with E-state index in [1.165, 1.54) is 0 Å². The standard InChI is InChI=1S/C21H25F3N4O4/c1-31-16-2-4-17(5-3-16)32-13-15(29)12-26-19(30)14-7-10-28(11-8-14)20-25-9-6-18(27-20)21(22,23)24/h2-6,9,14-15,29H,7-8,10-13H2,1H3,(H,26,30). The summed E-state index contributed by atoms with van der Waals surface area (Å²) >= 11 is 0. The Morgan fingerprint density at radius 3 is 2.50 bits per heavy atom.